The minimum absolute atomic E-state index is 0.0113. The van der Waals surface area contributed by atoms with E-state index in [1.807, 2.05) is 23.1 Å². The van der Waals surface area contributed by atoms with Gasteiger partial charge in [-0.05, 0) is 74.2 Å². The van der Waals surface area contributed by atoms with Crippen molar-refractivity contribution < 1.29 is 18.0 Å². The van der Waals surface area contributed by atoms with Crippen molar-refractivity contribution in [3.8, 4) is 12.1 Å². The van der Waals surface area contributed by atoms with E-state index < -0.39 is 22.8 Å². The van der Waals surface area contributed by atoms with E-state index >= 15 is 0 Å². The van der Waals surface area contributed by atoms with Crippen LogP contribution in [-0.4, -0.2) is 21.5 Å². The summed E-state index contributed by atoms with van der Waals surface area (Å²) in [5.41, 5.74) is -0.567. The van der Waals surface area contributed by atoms with Gasteiger partial charge < -0.3 is 4.90 Å². The highest BCUT2D eigenvalue weighted by atomic mass is 32.1. The maximum absolute atomic E-state index is 13.5. The van der Waals surface area contributed by atoms with Crippen molar-refractivity contribution in [1.82, 2.24) is 4.90 Å². The van der Waals surface area contributed by atoms with E-state index in [1.165, 1.54) is 11.0 Å². The van der Waals surface area contributed by atoms with E-state index in [1.54, 1.807) is 12.1 Å². The molecule has 33 heavy (non-hydrogen) atoms. The zero-order valence-electron chi connectivity index (χ0n) is 17.5. The van der Waals surface area contributed by atoms with E-state index in [4.69, 9.17) is 22.7 Å². The Bertz CT molecular complexity index is 1200. The lowest BCUT2D eigenvalue weighted by atomic mass is 9.75. The van der Waals surface area contributed by atoms with Gasteiger partial charge in [-0.3, -0.25) is 9.69 Å². The molecule has 168 valence electrons. The predicted molar refractivity (Wildman–Crippen MR) is 119 cm³/mol. The van der Waals surface area contributed by atoms with Crippen LogP contribution in [0.15, 0.2) is 53.8 Å². The fourth-order valence-electron chi connectivity index (χ4n) is 4.48. The van der Waals surface area contributed by atoms with Gasteiger partial charge in [0.15, 0.2) is 5.11 Å². The first-order chi connectivity index (χ1) is 15.7. The molecule has 0 N–H and O–H groups in total. The average Bonchev–Trinajstić information content (AvgIpc) is 3.00. The van der Waals surface area contributed by atoms with Gasteiger partial charge in [0.1, 0.15) is 5.54 Å². The van der Waals surface area contributed by atoms with Crippen LogP contribution in [0.3, 0.4) is 0 Å². The molecule has 0 bridgehead atoms. The molecule has 1 spiro atoms. The zero-order chi connectivity index (χ0) is 23.8. The largest absolute Gasteiger partial charge is 0.417 e. The molecule has 1 aliphatic heterocycles. The van der Waals surface area contributed by atoms with Crippen molar-refractivity contribution in [3.05, 3.63) is 64.9 Å². The topological polar surface area (TPSA) is 71.1 Å². The minimum atomic E-state index is -4.73. The summed E-state index contributed by atoms with van der Waals surface area (Å²) in [7, 11) is 0. The molecule has 9 heteroatoms. The molecule has 4 rings (SSSR count). The summed E-state index contributed by atoms with van der Waals surface area (Å²) in [5, 5.41) is 17.9. The van der Waals surface area contributed by atoms with Crippen molar-refractivity contribution >= 4 is 28.9 Å². The lowest BCUT2D eigenvalue weighted by Crippen LogP contribution is -2.54. The van der Waals surface area contributed by atoms with Gasteiger partial charge in [-0.25, -0.2) is 0 Å². The molecule has 0 radical (unpaired) electrons. The van der Waals surface area contributed by atoms with Crippen molar-refractivity contribution in [2.45, 2.75) is 50.2 Å². The summed E-state index contributed by atoms with van der Waals surface area (Å²) in [6.07, 6.45) is 6.35. The molecule has 0 unspecified atom stereocenters. The van der Waals surface area contributed by atoms with Crippen LogP contribution in [0.2, 0.25) is 0 Å². The maximum atomic E-state index is 13.5. The normalized spacial score (nSPS) is 19.9. The Morgan fingerprint density at radius 3 is 2.48 bits per heavy atom. The van der Waals surface area contributed by atoms with Crippen LogP contribution in [0.1, 0.15) is 49.7 Å². The first kappa shape index (κ1) is 22.8. The molecule has 1 amide bonds. The first-order valence-electron chi connectivity index (χ1n) is 10.5. The van der Waals surface area contributed by atoms with Crippen LogP contribution in [-0.2, 0) is 11.0 Å². The molecule has 1 saturated heterocycles. The zero-order valence-corrected chi connectivity index (χ0v) is 18.3. The number of benzene rings is 1. The van der Waals surface area contributed by atoms with Gasteiger partial charge in [0.05, 0.1) is 35.4 Å². The second-order valence-corrected chi connectivity index (χ2v) is 8.51. The number of nitriles is 2. The first-order valence-corrected chi connectivity index (χ1v) is 10.9. The SMILES string of the molecule is N#CC/C=C\C1=CC=C(N2C(=S)N(c3ccc(C#N)c(C(F)(F)F)c3)C(=O)C23CCC3)CC1. The highest BCUT2D eigenvalue weighted by Gasteiger charge is 2.60. The van der Waals surface area contributed by atoms with Crippen LogP contribution in [0.5, 0.6) is 0 Å². The minimum Gasteiger partial charge on any atom is -0.307 e. The van der Waals surface area contributed by atoms with Gasteiger partial charge in [-0.15, -0.1) is 0 Å². The number of hydrogen-bond donors (Lipinski definition) is 0. The number of amides is 1. The van der Waals surface area contributed by atoms with Gasteiger partial charge in [0.25, 0.3) is 5.91 Å². The molecule has 1 aromatic carbocycles. The molecular formula is C24H19F3N4OS. The number of alkyl halides is 3. The van der Waals surface area contributed by atoms with Gasteiger partial charge in [-0.1, -0.05) is 18.2 Å². The molecule has 0 aromatic heterocycles. The molecule has 1 heterocycles. The van der Waals surface area contributed by atoms with Crippen molar-refractivity contribution in [2.24, 2.45) is 0 Å². The highest BCUT2D eigenvalue weighted by molar-refractivity contribution is 7.80. The Hall–Kier alpha value is -3.43. The predicted octanol–water partition coefficient (Wildman–Crippen LogP) is 5.51. The summed E-state index contributed by atoms with van der Waals surface area (Å²) in [5.74, 6) is -0.332. The van der Waals surface area contributed by atoms with Gasteiger partial charge in [-0.2, -0.15) is 23.7 Å². The Kier molecular flexibility index (Phi) is 5.85. The molecular weight excluding hydrogens is 449 g/mol. The Balaban J connectivity index is 1.71. The summed E-state index contributed by atoms with van der Waals surface area (Å²) in [6, 6.07) is 6.85. The van der Waals surface area contributed by atoms with Crippen LogP contribution < -0.4 is 4.90 Å². The number of hydrogen-bond acceptors (Lipinski definition) is 4. The second kappa shape index (κ2) is 8.49. The quantitative estimate of drug-likeness (QED) is 0.545. The third-order valence-electron chi connectivity index (χ3n) is 6.27. The number of nitrogens with zero attached hydrogens (tertiary/aromatic N) is 4. The van der Waals surface area contributed by atoms with Crippen LogP contribution in [0.4, 0.5) is 18.9 Å². The monoisotopic (exact) mass is 468 g/mol. The van der Waals surface area contributed by atoms with E-state index in [2.05, 4.69) is 6.07 Å². The average molecular weight is 469 g/mol. The molecule has 1 saturated carbocycles. The fourth-order valence-corrected chi connectivity index (χ4v) is 4.96. The van der Waals surface area contributed by atoms with E-state index in [-0.39, 0.29) is 16.7 Å². The Morgan fingerprint density at radius 2 is 1.94 bits per heavy atom. The van der Waals surface area contributed by atoms with Gasteiger partial charge in [0.2, 0.25) is 0 Å². The smallest absolute Gasteiger partial charge is 0.307 e. The van der Waals surface area contributed by atoms with Crippen molar-refractivity contribution in [1.29, 1.82) is 10.5 Å². The van der Waals surface area contributed by atoms with E-state index in [0.29, 0.717) is 32.1 Å². The lowest BCUT2D eigenvalue weighted by Gasteiger charge is -2.44. The summed E-state index contributed by atoms with van der Waals surface area (Å²) in [4.78, 5) is 16.5. The number of rotatable bonds is 4. The highest BCUT2D eigenvalue weighted by Crippen LogP contribution is 2.49. The third-order valence-corrected chi connectivity index (χ3v) is 6.63. The number of carbonyl (C=O) groups is 1. The van der Waals surface area contributed by atoms with Crippen molar-refractivity contribution in [2.75, 3.05) is 4.90 Å². The standard InChI is InChI=1S/C24H19F3N4OS/c25-24(26,27)20-14-19(10-7-17(20)15-29)30-21(32)23(11-3-12-23)31(22(30)33)18-8-5-16(6-9-18)4-1-2-13-28/h1,4-5,7-8,10,14H,2-3,6,9,11-12H2/b4-1-. The number of thiocarbonyl (C=S) groups is 1. The van der Waals surface area contributed by atoms with E-state index in [0.717, 1.165) is 29.8 Å². The van der Waals surface area contributed by atoms with Gasteiger partial charge in [0, 0.05) is 5.70 Å². The maximum Gasteiger partial charge on any atom is 0.417 e. The van der Waals surface area contributed by atoms with E-state index in [9.17, 15) is 18.0 Å². The summed E-state index contributed by atoms with van der Waals surface area (Å²) >= 11 is 5.64. The number of allylic oxidation sites excluding steroid dienone is 6. The fraction of sp³-hybridized carbons (Fsp3) is 0.333. The summed E-state index contributed by atoms with van der Waals surface area (Å²) < 4.78 is 40.5. The molecule has 3 aliphatic rings. The molecule has 5 nitrogen and oxygen atoms in total. The number of anilines is 1. The van der Waals surface area contributed by atoms with Gasteiger partial charge >= 0.3 is 6.18 Å². The third kappa shape index (κ3) is 3.83. The Labute approximate surface area is 194 Å². The molecule has 1 aromatic rings. The summed E-state index contributed by atoms with van der Waals surface area (Å²) in [6.45, 7) is 0. The van der Waals surface area contributed by atoms with Crippen LogP contribution in [0.25, 0.3) is 0 Å². The molecule has 2 aliphatic carbocycles. The lowest BCUT2D eigenvalue weighted by molar-refractivity contribution is -0.137. The number of carbonyl (C=O) groups excluding carboxylic acids is 1. The second-order valence-electron chi connectivity index (χ2n) is 8.15. The molecule has 0 atom stereocenters. The van der Waals surface area contributed by atoms with Crippen LogP contribution >= 0.6 is 12.2 Å². The Morgan fingerprint density at radius 1 is 1.18 bits per heavy atom. The number of halogens is 3. The van der Waals surface area contributed by atoms with Crippen LogP contribution in [0, 0.1) is 22.7 Å². The molecule has 2 fully saturated rings. The van der Waals surface area contributed by atoms with Crippen molar-refractivity contribution in [3.63, 3.8) is 0 Å².